The Morgan fingerprint density at radius 1 is 1.24 bits per heavy atom. The van der Waals surface area contributed by atoms with Crippen LogP contribution in [-0.2, 0) is 6.42 Å². The van der Waals surface area contributed by atoms with Crippen molar-refractivity contribution in [3.05, 3.63) is 35.9 Å². The summed E-state index contributed by atoms with van der Waals surface area (Å²) in [4.78, 5) is 2.47. The lowest BCUT2D eigenvalue weighted by Crippen LogP contribution is -2.30. The van der Waals surface area contributed by atoms with Crippen LogP contribution in [0.2, 0.25) is 0 Å². The lowest BCUT2D eigenvalue weighted by Gasteiger charge is -2.23. The minimum Gasteiger partial charge on any atom is -0.316 e. The Hall–Kier alpha value is -0.860. The van der Waals surface area contributed by atoms with Crippen molar-refractivity contribution in [2.75, 3.05) is 33.2 Å². The summed E-state index contributed by atoms with van der Waals surface area (Å²) in [5.74, 6) is 1.66. The van der Waals surface area contributed by atoms with Crippen LogP contribution in [0, 0.1) is 11.8 Å². The van der Waals surface area contributed by atoms with Crippen molar-refractivity contribution >= 4 is 0 Å². The molecule has 0 amide bonds. The lowest BCUT2D eigenvalue weighted by atomic mass is 9.97. The summed E-state index contributed by atoms with van der Waals surface area (Å²) in [5, 5.41) is 3.47. The number of rotatable bonds is 5. The number of benzene rings is 1. The van der Waals surface area contributed by atoms with Gasteiger partial charge in [0.2, 0.25) is 0 Å². The molecule has 94 valence electrons. The van der Waals surface area contributed by atoms with Crippen molar-refractivity contribution < 1.29 is 0 Å². The van der Waals surface area contributed by atoms with E-state index in [9.17, 15) is 0 Å². The normalized spacial score (nSPS) is 24.4. The highest BCUT2D eigenvalue weighted by Gasteiger charge is 2.23. The number of likely N-dealkylation sites (N-methyl/N-ethyl adjacent to an activating group) is 1. The van der Waals surface area contributed by atoms with E-state index in [2.05, 4.69) is 54.5 Å². The average molecular weight is 232 g/mol. The minimum atomic E-state index is 0.828. The monoisotopic (exact) mass is 232 g/mol. The molecule has 2 heteroatoms. The first-order chi connectivity index (χ1) is 8.25. The van der Waals surface area contributed by atoms with Gasteiger partial charge in [-0.15, -0.1) is 0 Å². The standard InChI is InChI=1S/C15H24N2/c1-13-10-16-11-15(13)12-17(2)9-8-14-6-4-3-5-7-14/h3-7,13,15-16H,8-12H2,1-2H3. The average Bonchev–Trinajstić information content (AvgIpc) is 2.74. The maximum atomic E-state index is 3.47. The van der Waals surface area contributed by atoms with Gasteiger partial charge in [0.05, 0.1) is 0 Å². The molecule has 0 bridgehead atoms. The fourth-order valence-electron chi connectivity index (χ4n) is 2.57. The molecular formula is C15H24N2. The minimum absolute atomic E-state index is 0.828. The molecule has 1 aromatic carbocycles. The third kappa shape index (κ3) is 3.83. The first kappa shape index (κ1) is 12.6. The number of hydrogen-bond acceptors (Lipinski definition) is 2. The van der Waals surface area contributed by atoms with E-state index in [-0.39, 0.29) is 0 Å². The molecule has 0 aromatic heterocycles. The molecule has 2 atom stereocenters. The molecule has 0 spiro atoms. The van der Waals surface area contributed by atoms with Crippen LogP contribution in [0.5, 0.6) is 0 Å². The fraction of sp³-hybridized carbons (Fsp3) is 0.600. The molecule has 2 unspecified atom stereocenters. The molecule has 1 saturated heterocycles. The van der Waals surface area contributed by atoms with E-state index < -0.39 is 0 Å². The molecule has 1 aliphatic heterocycles. The zero-order chi connectivity index (χ0) is 12.1. The predicted octanol–water partition coefficient (Wildman–Crippen LogP) is 2.02. The highest BCUT2D eigenvalue weighted by Crippen LogP contribution is 2.16. The van der Waals surface area contributed by atoms with Gasteiger partial charge in [-0.3, -0.25) is 0 Å². The van der Waals surface area contributed by atoms with Crippen molar-refractivity contribution in [2.45, 2.75) is 13.3 Å². The maximum Gasteiger partial charge on any atom is 0.00219 e. The highest BCUT2D eigenvalue weighted by molar-refractivity contribution is 5.14. The van der Waals surface area contributed by atoms with Crippen LogP contribution in [0.25, 0.3) is 0 Å². The second kappa shape index (κ2) is 6.18. The van der Waals surface area contributed by atoms with Crippen LogP contribution >= 0.6 is 0 Å². The summed E-state index contributed by atoms with van der Waals surface area (Å²) in [7, 11) is 2.24. The molecule has 1 aromatic rings. The van der Waals surface area contributed by atoms with Gasteiger partial charge < -0.3 is 10.2 Å². The SMILES string of the molecule is CC1CNCC1CN(C)CCc1ccccc1. The molecule has 2 nitrogen and oxygen atoms in total. The molecule has 1 N–H and O–H groups in total. The number of nitrogens with one attached hydrogen (secondary N) is 1. The molecule has 1 heterocycles. The Kier molecular flexibility index (Phi) is 4.57. The number of nitrogens with zero attached hydrogens (tertiary/aromatic N) is 1. The summed E-state index contributed by atoms with van der Waals surface area (Å²) in [5.41, 5.74) is 1.44. The van der Waals surface area contributed by atoms with Crippen LogP contribution in [0.3, 0.4) is 0 Å². The van der Waals surface area contributed by atoms with Gasteiger partial charge in [0.1, 0.15) is 0 Å². The smallest absolute Gasteiger partial charge is 0.00219 e. The first-order valence-electron chi connectivity index (χ1n) is 6.69. The largest absolute Gasteiger partial charge is 0.316 e. The quantitative estimate of drug-likeness (QED) is 0.835. The summed E-state index contributed by atoms with van der Waals surface area (Å²) in [6, 6.07) is 10.8. The zero-order valence-electron chi connectivity index (χ0n) is 11.0. The van der Waals surface area contributed by atoms with Gasteiger partial charge in [-0.2, -0.15) is 0 Å². The summed E-state index contributed by atoms with van der Waals surface area (Å²) < 4.78 is 0. The van der Waals surface area contributed by atoms with Crippen molar-refractivity contribution in [1.29, 1.82) is 0 Å². The summed E-state index contributed by atoms with van der Waals surface area (Å²) >= 11 is 0. The molecule has 0 radical (unpaired) electrons. The third-order valence-corrected chi connectivity index (χ3v) is 3.85. The Balaban J connectivity index is 1.72. The van der Waals surface area contributed by atoms with Gasteiger partial charge in [0.25, 0.3) is 0 Å². The lowest BCUT2D eigenvalue weighted by molar-refractivity contribution is 0.261. The van der Waals surface area contributed by atoms with E-state index in [1.807, 2.05) is 0 Å². The van der Waals surface area contributed by atoms with E-state index in [1.165, 1.54) is 25.2 Å². The van der Waals surface area contributed by atoms with E-state index in [1.54, 1.807) is 0 Å². The van der Waals surface area contributed by atoms with Gasteiger partial charge in [0.15, 0.2) is 0 Å². The van der Waals surface area contributed by atoms with Crippen LogP contribution in [-0.4, -0.2) is 38.1 Å². The second-order valence-corrected chi connectivity index (χ2v) is 5.39. The Morgan fingerprint density at radius 3 is 2.65 bits per heavy atom. The highest BCUT2D eigenvalue weighted by atomic mass is 15.1. The van der Waals surface area contributed by atoms with Crippen molar-refractivity contribution in [3.63, 3.8) is 0 Å². The van der Waals surface area contributed by atoms with Gasteiger partial charge in [-0.25, -0.2) is 0 Å². The Bertz CT molecular complexity index is 323. The molecule has 1 fully saturated rings. The maximum absolute atomic E-state index is 3.47. The molecule has 17 heavy (non-hydrogen) atoms. The molecule has 2 rings (SSSR count). The van der Waals surface area contributed by atoms with Gasteiger partial charge in [-0.1, -0.05) is 37.3 Å². The molecule has 0 aliphatic carbocycles. The van der Waals surface area contributed by atoms with Gasteiger partial charge >= 0.3 is 0 Å². The first-order valence-corrected chi connectivity index (χ1v) is 6.69. The summed E-state index contributed by atoms with van der Waals surface area (Å²) in [6.45, 7) is 7.12. The molecule has 0 saturated carbocycles. The van der Waals surface area contributed by atoms with Crippen LogP contribution in [0.1, 0.15) is 12.5 Å². The molecular weight excluding hydrogens is 208 g/mol. The Morgan fingerprint density at radius 2 is 2.00 bits per heavy atom. The topological polar surface area (TPSA) is 15.3 Å². The van der Waals surface area contributed by atoms with Gasteiger partial charge in [0, 0.05) is 13.1 Å². The Labute approximate surface area is 105 Å². The third-order valence-electron chi connectivity index (χ3n) is 3.85. The van der Waals surface area contributed by atoms with Crippen molar-refractivity contribution in [2.24, 2.45) is 11.8 Å². The van der Waals surface area contributed by atoms with Crippen molar-refractivity contribution in [3.8, 4) is 0 Å². The van der Waals surface area contributed by atoms with Crippen molar-refractivity contribution in [1.82, 2.24) is 10.2 Å². The zero-order valence-corrected chi connectivity index (χ0v) is 11.0. The van der Waals surface area contributed by atoms with Crippen LogP contribution < -0.4 is 5.32 Å². The second-order valence-electron chi connectivity index (χ2n) is 5.39. The van der Waals surface area contributed by atoms with E-state index in [0.29, 0.717) is 0 Å². The summed E-state index contributed by atoms with van der Waals surface area (Å²) in [6.07, 6.45) is 1.16. The van der Waals surface area contributed by atoms with Gasteiger partial charge in [-0.05, 0) is 44.0 Å². The fourth-order valence-corrected chi connectivity index (χ4v) is 2.57. The predicted molar refractivity (Wildman–Crippen MR) is 73.2 cm³/mol. The van der Waals surface area contributed by atoms with E-state index in [4.69, 9.17) is 0 Å². The van der Waals surface area contributed by atoms with E-state index in [0.717, 1.165) is 24.8 Å². The van der Waals surface area contributed by atoms with Crippen LogP contribution in [0.4, 0.5) is 0 Å². The molecule has 1 aliphatic rings. The number of hydrogen-bond donors (Lipinski definition) is 1. The van der Waals surface area contributed by atoms with Crippen LogP contribution in [0.15, 0.2) is 30.3 Å². The van der Waals surface area contributed by atoms with E-state index >= 15 is 0 Å².